The molecule has 102 valence electrons. The van der Waals surface area contributed by atoms with Crippen molar-refractivity contribution < 1.29 is 9.50 Å². The number of aliphatic hydroxyl groups excluding tert-OH is 1. The molecular formula is C15H12ClFN2O. The van der Waals surface area contributed by atoms with Crippen molar-refractivity contribution in [2.24, 2.45) is 0 Å². The fourth-order valence-electron chi connectivity index (χ4n) is 1.79. The Morgan fingerprint density at radius 2 is 2.05 bits per heavy atom. The highest BCUT2D eigenvalue weighted by Crippen LogP contribution is 2.22. The fraction of sp³-hybridized carbons (Fsp3) is 0.133. The van der Waals surface area contributed by atoms with Crippen LogP contribution in [-0.4, -0.2) is 11.7 Å². The Morgan fingerprint density at radius 3 is 2.70 bits per heavy atom. The largest absolute Gasteiger partial charge is 0.386 e. The number of nitriles is 1. The third-order valence-corrected chi connectivity index (χ3v) is 3.17. The van der Waals surface area contributed by atoms with E-state index in [0.717, 1.165) is 0 Å². The van der Waals surface area contributed by atoms with Gasteiger partial charge >= 0.3 is 0 Å². The highest BCUT2D eigenvalue weighted by Gasteiger charge is 2.12. The van der Waals surface area contributed by atoms with Crippen LogP contribution in [0.1, 0.15) is 17.2 Å². The Hall–Kier alpha value is -2.09. The van der Waals surface area contributed by atoms with Gasteiger partial charge < -0.3 is 10.4 Å². The van der Waals surface area contributed by atoms with Gasteiger partial charge in [0.2, 0.25) is 0 Å². The lowest BCUT2D eigenvalue weighted by Gasteiger charge is -2.14. The van der Waals surface area contributed by atoms with Gasteiger partial charge in [-0.25, -0.2) is 4.39 Å². The summed E-state index contributed by atoms with van der Waals surface area (Å²) in [5, 5.41) is 22.0. The number of aliphatic hydroxyl groups is 1. The Kier molecular flexibility index (Phi) is 4.57. The maximum absolute atomic E-state index is 13.5. The van der Waals surface area contributed by atoms with Crippen LogP contribution in [0, 0.1) is 17.1 Å². The molecule has 0 saturated heterocycles. The van der Waals surface area contributed by atoms with Gasteiger partial charge in [0.15, 0.2) is 0 Å². The highest BCUT2D eigenvalue weighted by atomic mass is 35.5. The van der Waals surface area contributed by atoms with Crippen molar-refractivity contribution in [3.8, 4) is 6.07 Å². The second kappa shape index (κ2) is 6.38. The number of anilines is 1. The van der Waals surface area contributed by atoms with E-state index in [9.17, 15) is 9.50 Å². The smallest absolute Gasteiger partial charge is 0.129 e. The van der Waals surface area contributed by atoms with Crippen LogP contribution in [-0.2, 0) is 0 Å². The number of halogens is 2. The highest BCUT2D eigenvalue weighted by molar-refractivity contribution is 6.32. The summed E-state index contributed by atoms with van der Waals surface area (Å²) in [6.45, 7) is 0.142. The molecule has 3 nitrogen and oxygen atoms in total. The first-order chi connectivity index (χ1) is 9.61. The molecule has 0 fully saturated rings. The molecule has 0 bridgehead atoms. The first-order valence-electron chi connectivity index (χ1n) is 5.98. The molecule has 0 spiro atoms. The van der Waals surface area contributed by atoms with E-state index in [1.807, 2.05) is 6.07 Å². The molecule has 0 aliphatic rings. The minimum Gasteiger partial charge on any atom is -0.386 e. The standard InChI is InChI=1S/C15H12ClFN2O/c16-13-7-11(6-5-10(13)8-18)19-9-15(20)12-3-1-2-4-14(12)17/h1-7,15,19-20H,9H2. The Labute approximate surface area is 121 Å². The maximum atomic E-state index is 13.5. The maximum Gasteiger partial charge on any atom is 0.129 e. The third-order valence-electron chi connectivity index (χ3n) is 2.85. The van der Waals surface area contributed by atoms with E-state index in [0.29, 0.717) is 16.3 Å². The summed E-state index contributed by atoms with van der Waals surface area (Å²) in [4.78, 5) is 0. The normalized spacial score (nSPS) is 11.7. The number of hydrogen-bond acceptors (Lipinski definition) is 3. The van der Waals surface area contributed by atoms with Crippen LogP contribution in [0.2, 0.25) is 5.02 Å². The van der Waals surface area contributed by atoms with Crippen molar-refractivity contribution in [3.05, 3.63) is 64.4 Å². The summed E-state index contributed by atoms with van der Waals surface area (Å²) in [5.74, 6) is -0.445. The summed E-state index contributed by atoms with van der Waals surface area (Å²) in [5.41, 5.74) is 1.27. The van der Waals surface area contributed by atoms with Crippen LogP contribution in [0.4, 0.5) is 10.1 Å². The minimum absolute atomic E-state index is 0.142. The lowest BCUT2D eigenvalue weighted by Crippen LogP contribution is -2.13. The van der Waals surface area contributed by atoms with E-state index in [1.165, 1.54) is 12.1 Å². The summed E-state index contributed by atoms with van der Waals surface area (Å²) >= 11 is 5.90. The first kappa shape index (κ1) is 14.3. The zero-order chi connectivity index (χ0) is 14.5. The van der Waals surface area contributed by atoms with E-state index in [-0.39, 0.29) is 12.1 Å². The Morgan fingerprint density at radius 1 is 1.30 bits per heavy atom. The lowest BCUT2D eigenvalue weighted by molar-refractivity contribution is 0.186. The van der Waals surface area contributed by atoms with Crippen LogP contribution in [0.3, 0.4) is 0 Å². The molecule has 0 aliphatic carbocycles. The van der Waals surface area contributed by atoms with E-state index in [2.05, 4.69) is 5.32 Å². The van der Waals surface area contributed by atoms with E-state index < -0.39 is 11.9 Å². The van der Waals surface area contributed by atoms with Gasteiger partial charge in [-0.15, -0.1) is 0 Å². The van der Waals surface area contributed by atoms with Crippen LogP contribution in [0.25, 0.3) is 0 Å². The fourth-order valence-corrected chi connectivity index (χ4v) is 2.01. The predicted molar refractivity (Wildman–Crippen MR) is 76.0 cm³/mol. The van der Waals surface area contributed by atoms with Gasteiger partial charge in [0.05, 0.1) is 16.7 Å². The topological polar surface area (TPSA) is 56.0 Å². The number of nitrogens with one attached hydrogen (secondary N) is 1. The minimum atomic E-state index is -0.967. The van der Waals surface area contributed by atoms with Crippen LogP contribution < -0.4 is 5.32 Å². The van der Waals surface area contributed by atoms with E-state index in [4.69, 9.17) is 16.9 Å². The van der Waals surface area contributed by atoms with Gasteiger partial charge in [0.1, 0.15) is 11.9 Å². The van der Waals surface area contributed by atoms with E-state index >= 15 is 0 Å². The van der Waals surface area contributed by atoms with Crippen LogP contribution in [0.15, 0.2) is 42.5 Å². The molecule has 2 rings (SSSR count). The second-order valence-electron chi connectivity index (χ2n) is 4.22. The van der Waals surface area contributed by atoms with Gasteiger partial charge in [-0.3, -0.25) is 0 Å². The number of hydrogen-bond donors (Lipinski definition) is 2. The van der Waals surface area contributed by atoms with Crippen LogP contribution >= 0.6 is 11.6 Å². The second-order valence-corrected chi connectivity index (χ2v) is 4.63. The summed E-state index contributed by atoms with van der Waals surface area (Å²) in [7, 11) is 0. The van der Waals surface area contributed by atoms with Gasteiger partial charge in [0.25, 0.3) is 0 Å². The van der Waals surface area contributed by atoms with Crippen molar-refractivity contribution in [1.82, 2.24) is 0 Å². The van der Waals surface area contributed by atoms with Gasteiger partial charge in [-0.05, 0) is 24.3 Å². The molecule has 2 N–H and O–H groups in total. The molecule has 2 aromatic rings. The number of rotatable bonds is 4. The van der Waals surface area contributed by atoms with E-state index in [1.54, 1.807) is 30.3 Å². The number of benzene rings is 2. The van der Waals surface area contributed by atoms with Crippen molar-refractivity contribution in [3.63, 3.8) is 0 Å². The van der Waals surface area contributed by atoms with Gasteiger partial charge in [-0.1, -0.05) is 29.8 Å². The average Bonchev–Trinajstić information content (AvgIpc) is 2.45. The summed E-state index contributed by atoms with van der Waals surface area (Å²) in [6.07, 6.45) is -0.967. The monoisotopic (exact) mass is 290 g/mol. The molecule has 0 saturated carbocycles. The quantitative estimate of drug-likeness (QED) is 0.906. The molecule has 0 radical (unpaired) electrons. The zero-order valence-corrected chi connectivity index (χ0v) is 11.2. The van der Waals surface area contributed by atoms with Gasteiger partial charge in [-0.2, -0.15) is 5.26 Å². The molecule has 1 unspecified atom stereocenters. The molecule has 0 aliphatic heterocycles. The van der Waals surface area contributed by atoms with Crippen molar-refractivity contribution in [1.29, 1.82) is 5.26 Å². The summed E-state index contributed by atoms with van der Waals surface area (Å²) in [6, 6.07) is 12.9. The Bertz CT molecular complexity index is 655. The molecule has 20 heavy (non-hydrogen) atoms. The lowest BCUT2D eigenvalue weighted by atomic mass is 10.1. The van der Waals surface area contributed by atoms with Crippen LogP contribution in [0.5, 0.6) is 0 Å². The SMILES string of the molecule is N#Cc1ccc(NCC(O)c2ccccc2F)cc1Cl. The molecule has 0 aromatic heterocycles. The Balaban J connectivity index is 2.04. The summed E-state index contributed by atoms with van der Waals surface area (Å²) < 4.78 is 13.5. The predicted octanol–water partition coefficient (Wildman–Crippen LogP) is 3.50. The molecular weight excluding hydrogens is 279 g/mol. The molecule has 0 amide bonds. The molecule has 2 aromatic carbocycles. The van der Waals surface area contributed by atoms with Crippen molar-refractivity contribution in [2.45, 2.75) is 6.10 Å². The van der Waals surface area contributed by atoms with Gasteiger partial charge in [0, 0.05) is 17.8 Å². The molecule has 5 heteroatoms. The van der Waals surface area contributed by atoms with Crippen molar-refractivity contribution >= 4 is 17.3 Å². The average molecular weight is 291 g/mol. The first-order valence-corrected chi connectivity index (χ1v) is 6.35. The zero-order valence-electron chi connectivity index (χ0n) is 10.5. The number of nitrogens with zero attached hydrogens (tertiary/aromatic N) is 1. The molecule has 0 heterocycles. The molecule has 1 atom stereocenters. The third kappa shape index (κ3) is 3.27. The van der Waals surface area contributed by atoms with Crippen molar-refractivity contribution in [2.75, 3.05) is 11.9 Å².